The van der Waals surface area contributed by atoms with E-state index < -0.39 is 11.8 Å². The monoisotopic (exact) mass is 1050 g/mol. The normalized spacial score (nSPS) is 12.7. The first kappa shape index (κ1) is 43.5. The number of pyridine rings is 1. The van der Waals surface area contributed by atoms with Gasteiger partial charge in [-0.25, -0.2) is 4.98 Å². The molecule has 334 valence electrons. The van der Waals surface area contributed by atoms with Gasteiger partial charge in [0.15, 0.2) is 0 Å². The smallest absolute Gasteiger partial charge is 0.148 e. The van der Waals surface area contributed by atoms with Gasteiger partial charge in [0.2, 0.25) is 0 Å². The molecule has 0 spiro atoms. The van der Waals surface area contributed by atoms with Crippen LogP contribution in [0.5, 0.6) is 5.75 Å². The molecule has 0 bridgehead atoms. The molecule has 66 heavy (non-hydrogen) atoms. The molecule has 1 N–H and O–H groups in total. The van der Waals surface area contributed by atoms with Crippen molar-refractivity contribution in [2.24, 2.45) is 5.41 Å². The molecule has 9 aromatic rings. The van der Waals surface area contributed by atoms with Crippen LogP contribution in [0.3, 0.4) is 0 Å². The summed E-state index contributed by atoms with van der Waals surface area (Å²) >= 11 is 0. The van der Waals surface area contributed by atoms with Crippen molar-refractivity contribution in [3.63, 3.8) is 0 Å². The Morgan fingerprint density at radius 1 is 0.576 bits per heavy atom. The molecule has 4 nitrogen and oxygen atoms in total. The van der Waals surface area contributed by atoms with Crippen molar-refractivity contribution < 1.29 is 28.9 Å². The van der Waals surface area contributed by atoms with Crippen LogP contribution in [0.25, 0.3) is 83.9 Å². The van der Waals surface area contributed by atoms with Gasteiger partial charge < -0.3 is 5.11 Å². The summed E-state index contributed by atoms with van der Waals surface area (Å²) in [7, 11) is 0. The van der Waals surface area contributed by atoms with Gasteiger partial charge in [0.05, 0.1) is 22.3 Å². The third-order valence-corrected chi connectivity index (χ3v) is 13.5. The van der Waals surface area contributed by atoms with E-state index in [9.17, 15) is 7.85 Å². The van der Waals surface area contributed by atoms with Gasteiger partial charge in [0.25, 0.3) is 0 Å². The Balaban J connectivity index is 0.00000625. The van der Waals surface area contributed by atoms with Crippen molar-refractivity contribution in [2.75, 3.05) is 0 Å². The van der Waals surface area contributed by atoms with Gasteiger partial charge in [-0.05, 0) is 91.9 Å². The Morgan fingerprint density at radius 2 is 1.20 bits per heavy atom. The molecule has 0 radical (unpaired) electrons. The topological polar surface area (TPSA) is 50.9 Å². The molecule has 7 aromatic carbocycles. The summed E-state index contributed by atoms with van der Waals surface area (Å²) in [4.78, 5) is 10.5. The van der Waals surface area contributed by atoms with E-state index in [1.165, 1.54) is 5.56 Å². The maximum absolute atomic E-state index is 12.5. The number of phenols is 1. The number of imidazole rings is 1. The Kier molecular flexibility index (Phi) is 12.2. The molecule has 2 heterocycles. The van der Waals surface area contributed by atoms with E-state index >= 15 is 0 Å². The average Bonchev–Trinajstić information content (AvgIpc) is 3.70. The van der Waals surface area contributed by atoms with Gasteiger partial charge in [-0.3, -0.25) is 9.55 Å². The molecular weight excluding hydrogens is 986 g/mol. The maximum atomic E-state index is 12.5. The zero-order chi connectivity index (χ0) is 47.5. The van der Waals surface area contributed by atoms with Crippen LogP contribution in [0.1, 0.15) is 93.5 Å². The number of rotatable bonds is 10. The van der Waals surface area contributed by atoms with Crippen LogP contribution in [0, 0.1) is 11.5 Å². The number of aromatic hydroxyl groups is 1. The summed E-state index contributed by atoms with van der Waals surface area (Å²) in [6.07, 6.45) is 1.86. The molecule has 2 aromatic heterocycles. The molecule has 0 amide bonds. The average molecular weight is 1050 g/mol. The van der Waals surface area contributed by atoms with Crippen LogP contribution < -0.4 is 0 Å². The largest absolute Gasteiger partial charge is 0.507 e. The molecule has 0 saturated carbocycles. The Hall–Kier alpha value is -6.35. The second-order valence-corrected chi connectivity index (χ2v) is 19.2. The number of hydrogen-bond acceptors (Lipinski definition) is 3. The molecule has 0 saturated heterocycles. The Morgan fingerprint density at radius 3 is 1.82 bits per heavy atom. The van der Waals surface area contributed by atoms with Crippen molar-refractivity contribution in [2.45, 2.75) is 79.5 Å². The first-order valence-corrected chi connectivity index (χ1v) is 22.5. The van der Waals surface area contributed by atoms with Crippen molar-refractivity contribution in [1.29, 1.82) is 0 Å². The minimum absolute atomic E-state index is 0. The van der Waals surface area contributed by atoms with Gasteiger partial charge >= 0.3 is 0 Å². The van der Waals surface area contributed by atoms with Crippen molar-refractivity contribution in [1.82, 2.24) is 14.5 Å². The van der Waals surface area contributed by atoms with Crippen LogP contribution in [-0.4, -0.2) is 19.6 Å². The van der Waals surface area contributed by atoms with Crippen LogP contribution in [0.15, 0.2) is 170 Å². The minimum atomic E-state index is -1.17. The summed E-state index contributed by atoms with van der Waals surface area (Å²) in [6, 6.07) is 60.1. The van der Waals surface area contributed by atoms with Gasteiger partial charge in [-0.15, -0.1) is 23.8 Å². The number of phenolic OH excluding ortho intramolecular Hbond substituents is 1. The number of nitrogens with zero attached hydrogens (tertiary/aromatic N) is 3. The predicted octanol–water partition coefficient (Wildman–Crippen LogP) is 16.5. The molecule has 0 aliphatic rings. The van der Waals surface area contributed by atoms with Crippen molar-refractivity contribution in [3.05, 3.63) is 193 Å². The first-order chi connectivity index (χ1) is 31.8. The third kappa shape index (κ3) is 8.72. The van der Waals surface area contributed by atoms with E-state index in [2.05, 4.69) is 161 Å². The summed E-state index contributed by atoms with van der Waals surface area (Å²) < 4.78 is 20.6. The zero-order valence-corrected chi connectivity index (χ0v) is 41.5. The number of para-hydroxylation sites is 1. The summed E-state index contributed by atoms with van der Waals surface area (Å²) in [5, 5.41) is 12.5. The van der Waals surface area contributed by atoms with Crippen LogP contribution in [0.4, 0.5) is 0 Å². The van der Waals surface area contributed by atoms with Gasteiger partial charge in [0.1, 0.15) is 11.6 Å². The van der Waals surface area contributed by atoms with E-state index in [0.717, 1.165) is 72.5 Å². The number of hydrogen-bond donors (Lipinski definition) is 1. The third-order valence-electron chi connectivity index (χ3n) is 13.5. The van der Waals surface area contributed by atoms with Gasteiger partial charge in [-0.1, -0.05) is 200 Å². The fraction of sp³-hybridized carbons (Fsp3) is 0.213. The Bertz CT molecular complexity index is 3270. The van der Waals surface area contributed by atoms with E-state index in [1.807, 2.05) is 68.6 Å². The molecule has 0 atom stereocenters. The minimum Gasteiger partial charge on any atom is -0.507 e. The molecule has 0 fully saturated rings. The van der Waals surface area contributed by atoms with E-state index in [0.29, 0.717) is 22.5 Å². The van der Waals surface area contributed by atoms with Crippen LogP contribution in [-0.2, 0) is 26.5 Å². The predicted molar refractivity (Wildman–Crippen MR) is 273 cm³/mol. The quantitative estimate of drug-likeness (QED) is 0.139. The van der Waals surface area contributed by atoms with Gasteiger partial charge in [-0.2, -0.15) is 0 Å². The number of benzene rings is 7. The van der Waals surface area contributed by atoms with Crippen molar-refractivity contribution in [3.8, 4) is 78.6 Å². The fourth-order valence-corrected chi connectivity index (χ4v) is 8.66. The summed E-state index contributed by atoms with van der Waals surface area (Å²) in [6.45, 7) is 18.7. The maximum Gasteiger partial charge on any atom is 0.148 e. The van der Waals surface area contributed by atoms with Gasteiger partial charge in [0, 0.05) is 41.3 Å². The fourth-order valence-electron chi connectivity index (χ4n) is 8.66. The van der Waals surface area contributed by atoms with Crippen LogP contribution in [0.2, 0.25) is 0 Å². The standard InChI is InChI=1S/C61H58N3O.Pt/c1-39(2)45-35-51(40(3)4)58(65)53(36-45)59-63-57-50(26-19-27-56(57)64(59)55-29-28-49(61(8,9)60(5,6)7)38-52(55)43-24-17-12-18-25-43)47-32-46(42-22-15-11-16-23-42)33-48(34-47)54-37-44(30-31-62-54)41-20-13-10-14-21-41;/h10-33,35-40,65H,1-9H3;/q-1;/i39D,40D;. The number of aromatic nitrogens is 3. The zero-order valence-electron chi connectivity index (χ0n) is 41.3. The molecule has 9 rings (SSSR count). The van der Waals surface area contributed by atoms with Crippen LogP contribution >= 0.6 is 0 Å². The number of fused-ring (bicyclic) bond motifs is 1. The SMILES string of the molecule is [2H]C(C)(C)c1cc(-c2nc3c(-c4[c-]c(-c5cc(-c6ccccc6)ccn5)cc(-c5ccccc5)c4)cccc3n2-c2ccc(C(C)(C)C(C)(C)C)cc2-c2ccccc2)c(O)c(C([2H])(C)C)c1.[Pt]. The second-order valence-electron chi connectivity index (χ2n) is 19.2. The van der Waals surface area contributed by atoms with E-state index in [4.69, 9.17) is 9.97 Å². The molecule has 0 aliphatic carbocycles. The molecule has 0 aliphatic heterocycles. The van der Waals surface area contributed by atoms with E-state index in [-0.39, 0.29) is 37.6 Å². The summed E-state index contributed by atoms with van der Waals surface area (Å²) in [5.74, 6) is -1.73. The van der Waals surface area contributed by atoms with Crippen molar-refractivity contribution >= 4 is 11.0 Å². The van der Waals surface area contributed by atoms with E-state index in [1.54, 1.807) is 13.8 Å². The second kappa shape index (κ2) is 18.5. The first-order valence-electron chi connectivity index (χ1n) is 23.5. The Labute approximate surface area is 408 Å². The molecule has 0 unspecified atom stereocenters. The molecule has 5 heteroatoms. The molecular formula is C61H58N3OPt-. The summed E-state index contributed by atoms with van der Waals surface area (Å²) in [5.41, 5.74) is 14.7.